The zero-order chi connectivity index (χ0) is 24.5. The number of sulfonamides is 1. The maximum Gasteiger partial charge on any atom is 0.243 e. The highest BCUT2D eigenvalue weighted by molar-refractivity contribution is 7.89. The van der Waals surface area contributed by atoms with Gasteiger partial charge in [0, 0.05) is 33.1 Å². The average Bonchev–Trinajstić information content (AvgIpc) is 3.68. The summed E-state index contributed by atoms with van der Waals surface area (Å²) < 4.78 is 28.2. The van der Waals surface area contributed by atoms with Gasteiger partial charge in [0.15, 0.2) is 0 Å². The molecule has 2 fully saturated rings. The molecule has 7 nitrogen and oxygen atoms in total. The number of rotatable bonds is 7. The Morgan fingerprint density at radius 2 is 1.65 bits per heavy atom. The standard InChI is InChI=1S/C26H33N3O4S/c1-18(2)21-10-12-24(13-11-21)34(32,33)29-15-14-28(19(3)30)17-25(29)26(31)27-16-20-4-6-22(7-5-20)23-8-9-23/h4-7,10-13,18,23,25H,8-9,14-17H2,1-3H3,(H,27,31)/t25-/m1/s1. The van der Waals surface area contributed by atoms with Crippen LogP contribution in [0.2, 0.25) is 0 Å². The highest BCUT2D eigenvalue weighted by Crippen LogP contribution is 2.39. The van der Waals surface area contributed by atoms with Crippen molar-refractivity contribution >= 4 is 21.8 Å². The van der Waals surface area contributed by atoms with Gasteiger partial charge in [0.2, 0.25) is 21.8 Å². The molecule has 1 N–H and O–H groups in total. The Hall–Kier alpha value is -2.71. The summed E-state index contributed by atoms with van der Waals surface area (Å²) in [6.45, 7) is 6.19. The van der Waals surface area contributed by atoms with E-state index >= 15 is 0 Å². The van der Waals surface area contributed by atoms with Gasteiger partial charge in [0.25, 0.3) is 0 Å². The molecular formula is C26H33N3O4S. The van der Waals surface area contributed by atoms with E-state index < -0.39 is 22.0 Å². The van der Waals surface area contributed by atoms with Crippen LogP contribution in [-0.4, -0.2) is 55.1 Å². The van der Waals surface area contributed by atoms with Crippen LogP contribution in [0, 0.1) is 0 Å². The summed E-state index contributed by atoms with van der Waals surface area (Å²) in [6, 6.07) is 14.0. The van der Waals surface area contributed by atoms with Crippen molar-refractivity contribution in [2.24, 2.45) is 0 Å². The zero-order valence-corrected chi connectivity index (χ0v) is 20.8. The molecule has 1 aliphatic carbocycles. The predicted octanol–water partition coefficient (Wildman–Crippen LogP) is 3.23. The maximum absolute atomic E-state index is 13.5. The van der Waals surface area contributed by atoms with Crippen LogP contribution >= 0.6 is 0 Å². The van der Waals surface area contributed by atoms with E-state index in [-0.39, 0.29) is 36.4 Å². The molecule has 2 aromatic rings. The molecule has 1 aliphatic heterocycles. The van der Waals surface area contributed by atoms with E-state index in [1.807, 2.05) is 38.1 Å². The molecule has 34 heavy (non-hydrogen) atoms. The number of amides is 2. The quantitative estimate of drug-likeness (QED) is 0.655. The normalized spacial score (nSPS) is 19.3. The molecule has 4 rings (SSSR count). The third-order valence-electron chi connectivity index (χ3n) is 6.73. The first kappa shape index (κ1) is 24.4. The third-order valence-corrected chi connectivity index (χ3v) is 8.65. The summed E-state index contributed by atoms with van der Waals surface area (Å²) in [7, 11) is -3.90. The SMILES string of the molecule is CC(=O)N1CCN(S(=O)(=O)c2ccc(C(C)C)cc2)[C@@H](C(=O)NCc2ccc(C3CC3)cc2)C1. The first-order valence-electron chi connectivity index (χ1n) is 11.9. The number of nitrogens with one attached hydrogen (secondary N) is 1. The number of nitrogens with zero attached hydrogens (tertiary/aromatic N) is 2. The number of hydrogen-bond donors (Lipinski definition) is 1. The van der Waals surface area contributed by atoms with Gasteiger partial charge in [-0.1, -0.05) is 50.2 Å². The van der Waals surface area contributed by atoms with Gasteiger partial charge in [-0.3, -0.25) is 9.59 Å². The van der Waals surface area contributed by atoms with Crippen LogP contribution in [0.3, 0.4) is 0 Å². The summed E-state index contributed by atoms with van der Waals surface area (Å²) in [5, 5.41) is 2.89. The summed E-state index contributed by atoms with van der Waals surface area (Å²) >= 11 is 0. The van der Waals surface area contributed by atoms with Crippen molar-refractivity contribution in [1.29, 1.82) is 0 Å². The smallest absolute Gasteiger partial charge is 0.243 e. The lowest BCUT2D eigenvalue weighted by Crippen LogP contribution is -2.61. The molecule has 1 atom stereocenters. The Bertz CT molecular complexity index is 1140. The highest BCUT2D eigenvalue weighted by atomic mass is 32.2. The molecule has 0 aromatic heterocycles. The lowest BCUT2D eigenvalue weighted by atomic mass is 10.0. The van der Waals surface area contributed by atoms with E-state index in [4.69, 9.17) is 0 Å². The summed E-state index contributed by atoms with van der Waals surface area (Å²) in [5.74, 6) is 0.371. The molecule has 8 heteroatoms. The average molecular weight is 484 g/mol. The van der Waals surface area contributed by atoms with Crippen LogP contribution in [0.15, 0.2) is 53.4 Å². The van der Waals surface area contributed by atoms with E-state index in [0.717, 1.165) is 11.1 Å². The van der Waals surface area contributed by atoms with Crippen molar-refractivity contribution in [3.63, 3.8) is 0 Å². The van der Waals surface area contributed by atoms with Gasteiger partial charge in [-0.05, 0) is 53.5 Å². The van der Waals surface area contributed by atoms with E-state index in [2.05, 4.69) is 17.4 Å². The van der Waals surface area contributed by atoms with Gasteiger partial charge in [0.05, 0.1) is 4.90 Å². The molecule has 0 bridgehead atoms. The topological polar surface area (TPSA) is 86.8 Å². The summed E-state index contributed by atoms with van der Waals surface area (Å²) in [4.78, 5) is 26.9. The van der Waals surface area contributed by atoms with Gasteiger partial charge in [-0.2, -0.15) is 4.31 Å². The van der Waals surface area contributed by atoms with Gasteiger partial charge < -0.3 is 10.2 Å². The molecule has 2 aliphatic rings. The second-order valence-corrected chi connectivity index (χ2v) is 11.4. The van der Waals surface area contributed by atoms with Crippen LogP contribution in [0.5, 0.6) is 0 Å². The lowest BCUT2D eigenvalue weighted by Gasteiger charge is -2.39. The first-order valence-corrected chi connectivity index (χ1v) is 13.3. The Morgan fingerprint density at radius 1 is 1.00 bits per heavy atom. The van der Waals surface area contributed by atoms with Gasteiger partial charge >= 0.3 is 0 Å². The summed E-state index contributed by atoms with van der Waals surface area (Å²) in [5.41, 5.74) is 3.32. The maximum atomic E-state index is 13.5. The van der Waals surface area contributed by atoms with Crippen LogP contribution < -0.4 is 5.32 Å². The second kappa shape index (κ2) is 9.88. The fourth-order valence-corrected chi connectivity index (χ4v) is 5.92. The van der Waals surface area contributed by atoms with Gasteiger partial charge in [-0.15, -0.1) is 0 Å². The second-order valence-electron chi connectivity index (χ2n) is 9.55. The molecule has 1 heterocycles. The molecule has 2 amide bonds. The van der Waals surface area contributed by atoms with Crippen LogP contribution in [0.25, 0.3) is 0 Å². The predicted molar refractivity (Wildman–Crippen MR) is 131 cm³/mol. The van der Waals surface area contributed by atoms with E-state index in [9.17, 15) is 18.0 Å². The van der Waals surface area contributed by atoms with Crippen molar-refractivity contribution in [3.8, 4) is 0 Å². The van der Waals surface area contributed by atoms with Crippen molar-refractivity contribution in [3.05, 3.63) is 65.2 Å². The largest absolute Gasteiger partial charge is 0.351 e. The van der Waals surface area contributed by atoms with Crippen LogP contribution in [0.4, 0.5) is 0 Å². The summed E-state index contributed by atoms with van der Waals surface area (Å²) in [6.07, 6.45) is 2.46. The molecule has 0 spiro atoms. The van der Waals surface area contributed by atoms with Crippen LogP contribution in [0.1, 0.15) is 62.1 Å². The fraction of sp³-hybridized carbons (Fsp3) is 0.462. The van der Waals surface area contributed by atoms with E-state index in [1.165, 1.54) is 34.5 Å². The monoisotopic (exact) mass is 483 g/mol. The minimum Gasteiger partial charge on any atom is -0.351 e. The molecule has 0 unspecified atom stereocenters. The first-order chi connectivity index (χ1) is 16.2. The Labute approximate surface area is 202 Å². The van der Waals surface area contributed by atoms with Gasteiger partial charge in [0.1, 0.15) is 6.04 Å². The minimum absolute atomic E-state index is 0.0328. The number of carbonyl (C=O) groups excluding carboxylic acids is 2. The number of piperazine rings is 1. The molecule has 2 aromatic carbocycles. The number of hydrogen-bond acceptors (Lipinski definition) is 4. The molecule has 1 saturated carbocycles. The third kappa shape index (κ3) is 5.33. The highest BCUT2D eigenvalue weighted by Gasteiger charge is 2.40. The van der Waals surface area contributed by atoms with Crippen molar-refractivity contribution in [2.45, 2.75) is 62.9 Å². The van der Waals surface area contributed by atoms with Crippen LogP contribution in [-0.2, 0) is 26.2 Å². The van der Waals surface area contributed by atoms with Crippen molar-refractivity contribution in [2.75, 3.05) is 19.6 Å². The van der Waals surface area contributed by atoms with Crippen molar-refractivity contribution < 1.29 is 18.0 Å². The zero-order valence-electron chi connectivity index (χ0n) is 20.0. The Balaban J connectivity index is 1.51. The molecule has 182 valence electrons. The number of benzene rings is 2. The lowest BCUT2D eigenvalue weighted by molar-refractivity contribution is -0.134. The Morgan fingerprint density at radius 3 is 2.21 bits per heavy atom. The minimum atomic E-state index is -3.90. The van der Waals surface area contributed by atoms with E-state index in [0.29, 0.717) is 12.5 Å². The van der Waals surface area contributed by atoms with E-state index in [1.54, 1.807) is 12.1 Å². The fourth-order valence-electron chi connectivity index (χ4n) is 4.35. The van der Waals surface area contributed by atoms with Crippen molar-refractivity contribution in [1.82, 2.24) is 14.5 Å². The van der Waals surface area contributed by atoms with Gasteiger partial charge in [-0.25, -0.2) is 8.42 Å². The molecule has 0 radical (unpaired) electrons. The number of carbonyl (C=O) groups is 2. The Kier molecular flexibility index (Phi) is 7.09. The molecular weight excluding hydrogens is 450 g/mol. The molecule has 1 saturated heterocycles.